The van der Waals surface area contributed by atoms with Crippen molar-refractivity contribution in [3.05, 3.63) is 29.6 Å². The van der Waals surface area contributed by atoms with E-state index in [1.165, 1.54) is 6.07 Å². The van der Waals surface area contributed by atoms with E-state index >= 15 is 0 Å². The van der Waals surface area contributed by atoms with Crippen LogP contribution in [0.25, 0.3) is 0 Å². The van der Waals surface area contributed by atoms with Crippen molar-refractivity contribution in [1.82, 2.24) is 5.32 Å². The molecule has 0 fully saturated rings. The molecule has 0 spiro atoms. The van der Waals surface area contributed by atoms with Crippen LogP contribution in [0.1, 0.15) is 36.5 Å². The monoisotopic (exact) mass is 298 g/mol. The van der Waals surface area contributed by atoms with Crippen LogP contribution in [0.5, 0.6) is 0 Å². The summed E-state index contributed by atoms with van der Waals surface area (Å²) in [5.74, 6) is 0.500. The molecular formula is C15H23FN2OS. The Hall–Kier alpha value is -1.23. The lowest BCUT2D eigenvalue weighted by atomic mass is 10.1. The highest BCUT2D eigenvalue weighted by Crippen LogP contribution is 2.19. The van der Waals surface area contributed by atoms with Crippen LogP contribution in [-0.4, -0.2) is 31.0 Å². The normalized spacial score (nSPS) is 10.3. The van der Waals surface area contributed by atoms with Crippen LogP contribution in [0.2, 0.25) is 0 Å². The molecule has 3 nitrogen and oxygen atoms in total. The molecule has 0 heterocycles. The van der Waals surface area contributed by atoms with Gasteiger partial charge >= 0.3 is 0 Å². The number of nitrogens with one attached hydrogen (secondary N) is 2. The molecule has 0 unspecified atom stereocenters. The first-order valence-corrected chi connectivity index (χ1v) is 8.39. The third-order valence-corrected chi connectivity index (χ3v) is 3.57. The highest BCUT2D eigenvalue weighted by Gasteiger charge is 2.14. The second kappa shape index (κ2) is 9.64. The average molecular weight is 298 g/mol. The smallest absolute Gasteiger partial charge is 0.253 e. The van der Waals surface area contributed by atoms with Gasteiger partial charge in [0.2, 0.25) is 0 Å². The van der Waals surface area contributed by atoms with Gasteiger partial charge in [0, 0.05) is 13.1 Å². The second-order valence-electron chi connectivity index (χ2n) is 4.54. The van der Waals surface area contributed by atoms with Gasteiger partial charge in [0.05, 0.1) is 11.3 Å². The number of carbonyl (C=O) groups excluding carboxylic acids is 1. The van der Waals surface area contributed by atoms with Gasteiger partial charge in [0.15, 0.2) is 0 Å². The van der Waals surface area contributed by atoms with Crippen LogP contribution in [-0.2, 0) is 0 Å². The number of rotatable bonds is 9. The number of carbonyl (C=O) groups is 1. The van der Waals surface area contributed by atoms with Crippen LogP contribution in [0.4, 0.5) is 10.1 Å². The molecule has 0 aliphatic carbocycles. The minimum atomic E-state index is -0.381. The van der Waals surface area contributed by atoms with Gasteiger partial charge in [-0.15, -0.1) is 0 Å². The van der Waals surface area contributed by atoms with Gasteiger partial charge in [-0.05, 0) is 43.4 Å². The number of amides is 1. The molecular weight excluding hydrogens is 275 g/mol. The first-order valence-electron chi connectivity index (χ1n) is 7.00. The van der Waals surface area contributed by atoms with Crippen LogP contribution < -0.4 is 10.6 Å². The summed E-state index contributed by atoms with van der Waals surface area (Å²) < 4.78 is 13.8. The Labute approximate surface area is 124 Å². The SMILES string of the molecule is CCCNc1c(F)cccc1C(=O)NCCCCSC. The molecule has 1 amide bonds. The summed E-state index contributed by atoms with van der Waals surface area (Å²) in [5.41, 5.74) is 0.680. The molecule has 0 bridgehead atoms. The minimum absolute atomic E-state index is 0.216. The van der Waals surface area contributed by atoms with Crippen molar-refractivity contribution in [2.24, 2.45) is 0 Å². The van der Waals surface area contributed by atoms with Gasteiger partial charge < -0.3 is 10.6 Å². The summed E-state index contributed by atoms with van der Waals surface area (Å²) in [6.45, 7) is 3.28. The molecule has 1 aromatic rings. The molecule has 1 aromatic carbocycles. The Bertz CT molecular complexity index is 426. The van der Waals surface area contributed by atoms with Gasteiger partial charge in [-0.2, -0.15) is 11.8 Å². The Balaban J connectivity index is 2.60. The number of benzene rings is 1. The Kier molecular flexibility index (Phi) is 8.11. The van der Waals surface area contributed by atoms with E-state index in [-0.39, 0.29) is 11.7 Å². The first kappa shape index (κ1) is 16.8. The van der Waals surface area contributed by atoms with E-state index in [0.29, 0.717) is 24.3 Å². The van der Waals surface area contributed by atoms with E-state index in [1.54, 1.807) is 23.9 Å². The van der Waals surface area contributed by atoms with Crippen molar-refractivity contribution in [2.75, 3.05) is 30.4 Å². The molecule has 5 heteroatoms. The molecule has 0 aliphatic heterocycles. The minimum Gasteiger partial charge on any atom is -0.382 e. The highest BCUT2D eigenvalue weighted by atomic mass is 32.2. The number of unbranched alkanes of at least 4 members (excludes halogenated alkanes) is 1. The van der Waals surface area contributed by atoms with Crippen LogP contribution in [0, 0.1) is 5.82 Å². The van der Waals surface area contributed by atoms with E-state index in [0.717, 1.165) is 25.0 Å². The Morgan fingerprint density at radius 1 is 1.30 bits per heavy atom. The van der Waals surface area contributed by atoms with Gasteiger partial charge in [-0.25, -0.2) is 4.39 Å². The zero-order valence-corrected chi connectivity index (χ0v) is 13.0. The van der Waals surface area contributed by atoms with Crippen molar-refractivity contribution in [2.45, 2.75) is 26.2 Å². The second-order valence-corrected chi connectivity index (χ2v) is 5.53. The molecule has 0 saturated carbocycles. The third-order valence-electron chi connectivity index (χ3n) is 2.87. The fourth-order valence-electron chi connectivity index (χ4n) is 1.81. The number of thioether (sulfide) groups is 1. The predicted molar refractivity (Wildman–Crippen MR) is 85.1 cm³/mol. The maximum atomic E-state index is 13.8. The number of hydrogen-bond donors (Lipinski definition) is 2. The van der Waals surface area contributed by atoms with E-state index in [9.17, 15) is 9.18 Å². The molecule has 0 saturated heterocycles. The maximum Gasteiger partial charge on any atom is 0.253 e. The van der Waals surface area contributed by atoms with Gasteiger partial charge in [-0.3, -0.25) is 4.79 Å². The van der Waals surface area contributed by atoms with E-state index in [2.05, 4.69) is 16.9 Å². The molecule has 2 N–H and O–H groups in total. The van der Waals surface area contributed by atoms with Crippen LogP contribution in [0.15, 0.2) is 18.2 Å². The summed E-state index contributed by atoms with van der Waals surface area (Å²) >= 11 is 1.80. The topological polar surface area (TPSA) is 41.1 Å². The van der Waals surface area contributed by atoms with Gasteiger partial charge in [0.1, 0.15) is 5.82 Å². The van der Waals surface area contributed by atoms with E-state index in [1.807, 2.05) is 6.92 Å². The lowest BCUT2D eigenvalue weighted by Crippen LogP contribution is -2.26. The zero-order chi connectivity index (χ0) is 14.8. The molecule has 0 aromatic heterocycles. The first-order chi connectivity index (χ1) is 9.70. The summed E-state index contributed by atoms with van der Waals surface area (Å²) in [4.78, 5) is 12.1. The molecule has 112 valence electrons. The largest absolute Gasteiger partial charge is 0.382 e. The van der Waals surface area contributed by atoms with Gasteiger partial charge in [-0.1, -0.05) is 13.0 Å². The van der Waals surface area contributed by atoms with Crippen LogP contribution in [0.3, 0.4) is 0 Å². The van der Waals surface area contributed by atoms with E-state index < -0.39 is 0 Å². The lowest BCUT2D eigenvalue weighted by Gasteiger charge is -2.12. The van der Waals surface area contributed by atoms with Crippen LogP contribution >= 0.6 is 11.8 Å². The van der Waals surface area contributed by atoms with Crippen molar-refractivity contribution >= 4 is 23.4 Å². The Morgan fingerprint density at radius 2 is 2.10 bits per heavy atom. The van der Waals surface area contributed by atoms with Crippen molar-refractivity contribution in [3.63, 3.8) is 0 Å². The number of hydrogen-bond acceptors (Lipinski definition) is 3. The predicted octanol–water partition coefficient (Wildman–Crippen LogP) is 3.52. The third kappa shape index (κ3) is 5.41. The number of halogens is 1. The summed E-state index contributed by atoms with van der Waals surface area (Å²) in [6, 6.07) is 4.58. The quantitative estimate of drug-likeness (QED) is 0.685. The summed E-state index contributed by atoms with van der Waals surface area (Å²) in [7, 11) is 0. The Morgan fingerprint density at radius 3 is 2.80 bits per heavy atom. The number of para-hydroxylation sites is 1. The summed E-state index contributed by atoms with van der Waals surface area (Å²) in [5, 5.41) is 5.83. The zero-order valence-electron chi connectivity index (χ0n) is 12.2. The molecule has 0 aliphatic rings. The average Bonchev–Trinajstić information content (AvgIpc) is 2.45. The molecule has 0 radical (unpaired) electrons. The van der Waals surface area contributed by atoms with Crippen molar-refractivity contribution in [3.8, 4) is 0 Å². The van der Waals surface area contributed by atoms with Crippen molar-refractivity contribution in [1.29, 1.82) is 0 Å². The van der Waals surface area contributed by atoms with Crippen molar-refractivity contribution < 1.29 is 9.18 Å². The fourth-order valence-corrected chi connectivity index (χ4v) is 2.30. The molecule has 0 atom stereocenters. The fraction of sp³-hybridized carbons (Fsp3) is 0.533. The number of anilines is 1. The van der Waals surface area contributed by atoms with Gasteiger partial charge in [0.25, 0.3) is 5.91 Å². The summed E-state index contributed by atoms with van der Waals surface area (Å²) in [6.07, 6.45) is 4.96. The highest BCUT2D eigenvalue weighted by molar-refractivity contribution is 7.98. The molecule has 1 rings (SSSR count). The molecule has 20 heavy (non-hydrogen) atoms. The maximum absolute atomic E-state index is 13.8. The lowest BCUT2D eigenvalue weighted by molar-refractivity contribution is 0.0953. The van der Waals surface area contributed by atoms with E-state index in [4.69, 9.17) is 0 Å². The standard InChI is InChI=1S/C15H23FN2OS/c1-3-9-17-14-12(7-6-8-13(14)16)15(19)18-10-4-5-11-20-2/h6-8,17H,3-5,9-11H2,1-2H3,(H,18,19).